The molecule has 5 rings (SSSR count). The predicted octanol–water partition coefficient (Wildman–Crippen LogP) is 6.90. The number of halogens is 1. The van der Waals surface area contributed by atoms with Gasteiger partial charge in [0.05, 0.1) is 22.2 Å². The van der Waals surface area contributed by atoms with E-state index in [2.05, 4.69) is 16.0 Å². The van der Waals surface area contributed by atoms with E-state index >= 15 is 0 Å². The second-order valence-electron chi connectivity index (χ2n) is 7.72. The van der Waals surface area contributed by atoms with E-state index in [0.717, 1.165) is 22.2 Å². The number of nitrogens with one attached hydrogen (secondary N) is 1. The minimum atomic E-state index is -0.441. The van der Waals surface area contributed by atoms with Gasteiger partial charge in [0, 0.05) is 22.2 Å². The smallest absolute Gasteiger partial charge is 0.338 e. The first-order valence-electron chi connectivity index (χ1n) is 10.8. The highest BCUT2D eigenvalue weighted by Crippen LogP contribution is 2.26. The Labute approximate surface area is 206 Å². The summed E-state index contributed by atoms with van der Waals surface area (Å²) in [4.78, 5) is 20.0. The molecule has 7 heteroatoms. The number of allylic oxidation sites excluding steroid dienone is 1. The number of rotatable bonds is 6. The molecule has 0 amide bonds. The molecule has 0 radical (unpaired) electrons. The molecule has 3 aromatic carbocycles. The van der Waals surface area contributed by atoms with Crippen LogP contribution in [0, 0.1) is 11.3 Å². The molecule has 0 unspecified atom stereocenters. The number of H-pyrrole nitrogens is 1. The molecular formula is C28H18ClN3O3. The second-order valence-corrected chi connectivity index (χ2v) is 8.13. The first-order chi connectivity index (χ1) is 17.1. The number of esters is 1. The third-order valence-electron chi connectivity index (χ3n) is 5.40. The van der Waals surface area contributed by atoms with Gasteiger partial charge in [0.1, 0.15) is 30.0 Å². The Morgan fingerprint density at radius 2 is 1.80 bits per heavy atom. The number of fused-ring (bicyclic) bond motifs is 1. The van der Waals surface area contributed by atoms with Crippen molar-refractivity contribution in [2.75, 3.05) is 0 Å². The number of imidazole rings is 1. The standard InChI is InChI=1S/C28H18ClN3O3/c29-23-6-2-1-5-20(23)17-34-28(33)19-11-9-18(10-12-19)26-14-13-22(35-26)15-21(16-30)27-31-24-7-3-4-8-25(24)32-27/h1-15H,17H2,(H,31,32). The van der Waals surface area contributed by atoms with Crippen LogP contribution < -0.4 is 0 Å². The zero-order valence-electron chi connectivity index (χ0n) is 18.4. The summed E-state index contributed by atoms with van der Waals surface area (Å²) in [5, 5.41) is 10.2. The molecule has 0 spiro atoms. The maximum absolute atomic E-state index is 12.4. The Morgan fingerprint density at radius 1 is 1.03 bits per heavy atom. The predicted molar refractivity (Wildman–Crippen MR) is 134 cm³/mol. The van der Waals surface area contributed by atoms with E-state index in [1.54, 1.807) is 42.5 Å². The first kappa shape index (κ1) is 22.2. The lowest BCUT2D eigenvalue weighted by molar-refractivity contribution is 0.0473. The average Bonchev–Trinajstić information content (AvgIpc) is 3.54. The van der Waals surface area contributed by atoms with Crippen LogP contribution in [0.2, 0.25) is 5.02 Å². The van der Waals surface area contributed by atoms with Crippen molar-refractivity contribution in [1.29, 1.82) is 5.26 Å². The van der Waals surface area contributed by atoms with E-state index in [4.69, 9.17) is 20.8 Å². The zero-order valence-corrected chi connectivity index (χ0v) is 19.1. The van der Waals surface area contributed by atoms with E-state index in [0.29, 0.717) is 33.5 Å². The number of nitrogens with zero attached hydrogens (tertiary/aromatic N) is 2. The van der Waals surface area contributed by atoms with Gasteiger partial charge in [-0.25, -0.2) is 9.78 Å². The van der Waals surface area contributed by atoms with Gasteiger partial charge in [-0.3, -0.25) is 0 Å². The molecule has 2 aromatic heterocycles. The molecule has 0 atom stereocenters. The van der Waals surface area contributed by atoms with Crippen molar-refractivity contribution in [3.8, 4) is 17.4 Å². The Bertz CT molecular complexity index is 1560. The average molecular weight is 480 g/mol. The summed E-state index contributed by atoms with van der Waals surface area (Å²) in [6.07, 6.45) is 1.64. The molecule has 2 heterocycles. The van der Waals surface area contributed by atoms with Crippen LogP contribution in [-0.2, 0) is 11.3 Å². The number of benzene rings is 3. The lowest BCUT2D eigenvalue weighted by Gasteiger charge is -2.07. The van der Waals surface area contributed by atoms with Crippen LogP contribution in [0.5, 0.6) is 0 Å². The molecule has 170 valence electrons. The molecule has 1 N–H and O–H groups in total. The molecule has 0 saturated heterocycles. The van der Waals surface area contributed by atoms with Crippen LogP contribution in [0.3, 0.4) is 0 Å². The van der Waals surface area contributed by atoms with Gasteiger partial charge in [-0.1, -0.05) is 54.1 Å². The van der Waals surface area contributed by atoms with Crippen molar-refractivity contribution in [2.24, 2.45) is 0 Å². The summed E-state index contributed by atoms with van der Waals surface area (Å²) in [6.45, 7) is 0.0978. The highest BCUT2D eigenvalue weighted by atomic mass is 35.5. The molecule has 0 aliphatic heterocycles. The van der Waals surface area contributed by atoms with Crippen LogP contribution in [0.25, 0.3) is 34.0 Å². The minimum absolute atomic E-state index is 0.0978. The number of carbonyl (C=O) groups is 1. The molecule has 0 aliphatic carbocycles. The number of ether oxygens (including phenoxy) is 1. The van der Waals surface area contributed by atoms with E-state index in [9.17, 15) is 10.1 Å². The van der Waals surface area contributed by atoms with Crippen molar-refractivity contribution in [3.63, 3.8) is 0 Å². The maximum atomic E-state index is 12.4. The summed E-state index contributed by atoms with van der Waals surface area (Å²) in [5.74, 6) is 1.16. The third kappa shape index (κ3) is 4.86. The normalized spacial score (nSPS) is 11.4. The lowest BCUT2D eigenvalue weighted by atomic mass is 10.1. The van der Waals surface area contributed by atoms with Crippen molar-refractivity contribution in [1.82, 2.24) is 9.97 Å². The largest absolute Gasteiger partial charge is 0.457 e. The van der Waals surface area contributed by atoms with Crippen LogP contribution in [0.15, 0.2) is 89.3 Å². The summed E-state index contributed by atoms with van der Waals surface area (Å²) < 4.78 is 11.3. The number of aromatic nitrogens is 2. The Hall–Kier alpha value is -4.60. The highest BCUT2D eigenvalue weighted by Gasteiger charge is 2.12. The van der Waals surface area contributed by atoms with Gasteiger partial charge < -0.3 is 14.1 Å². The maximum Gasteiger partial charge on any atom is 0.338 e. The van der Waals surface area contributed by atoms with Gasteiger partial charge >= 0.3 is 5.97 Å². The number of hydrogen-bond donors (Lipinski definition) is 1. The summed E-state index contributed by atoms with van der Waals surface area (Å²) >= 11 is 6.11. The van der Waals surface area contributed by atoms with E-state index in [-0.39, 0.29) is 6.61 Å². The fourth-order valence-electron chi connectivity index (χ4n) is 3.57. The van der Waals surface area contributed by atoms with Crippen LogP contribution in [-0.4, -0.2) is 15.9 Å². The highest BCUT2D eigenvalue weighted by molar-refractivity contribution is 6.31. The number of hydrogen-bond acceptors (Lipinski definition) is 5. The molecule has 6 nitrogen and oxygen atoms in total. The Balaban J connectivity index is 1.29. The lowest BCUT2D eigenvalue weighted by Crippen LogP contribution is -2.05. The topological polar surface area (TPSA) is 91.9 Å². The molecule has 0 fully saturated rings. The fourth-order valence-corrected chi connectivity index (χ4v) is 3.76. The van der Waals surface area contributed by atoms with Crippen molar-refractivity contribution < 1.29 is 13.9 Å². The van der Waals surface area contributed by atoms with Gasteiger partial charge in [0.2, 0.25) is 0 Å². The monoisotopic (exact) mass is 479 g/mol. The van der Waals surface area contributed by atoms with Crippen LogP contribution in [0.4, 0.5) is 0 Å². The van der Waals surface area contributed by atoms with E-state index in [1.807, 2.05) is 48.5 Å². The van der Waals surface area contributed by atoms with E-state index in [1.165, 1.54) is 0 Å². The summed E-state index contributed by atoms with van der Waals surface area (Å²) in [5.41, 5.74) is 3.95. The SMILES string of the molecule is N#CC(=Cc1ccc(-c2ccc(C(=O)OCc3ccccc3Cl)cc2)o1)c1nc2ccccc2[nH]1. The number of furan rings is 1. The van der Waals surface area contributed by atoms with Crippen LogP contribution >= 0.6 is 11.6 Å². The quantitative estimate of drug-likeness (QED) is 0.211. The minimum Gasteiger partial charge on any atom is -0.457 e. The van der Waals surface area contributed by atoms with Crippen molar-refractivity contribution >= 4 is 40.3 Å². The van der Waals surface area contributed by atoms with Crippen LogP contribution in [0.1, 0.15) is 27.5 Å². The van der Waals surface area contributed by atoms with Gasteiger partial charge in [0.25, 0.3) is 0 Å². The van der Waals surface area contributed by atoms with Crippen molar-refractivity contribution in [3.05, 3.63) is 113 Å². The van der Waals surface area contributed by atoms with Gasteiger partial charge in [0.15, 0.2) is 0 Å². The molecule has 35 heavy (non-hydrogen) atoms. The Morgan fingerprint density at radius 3 is 2.57 bits per heavy atom. The van der Waals surface area contributed by atoms with Gasteiger partial charge in [-0.05, 0) is 42.5 Å². The number of aromatic amines is 1. The van der Waals surface area contributed by atoms with Gasteiger partial charge in [-0.15, -0.1) is 0 Å². The molecule has 5 aromatic rings. The second kappa shape index (κ2) is 9.72. The molecule has 0 saturated carbocycles. The number of nitriles is 1. The summed E-state index contributed by atoms with van der Waals surface area (Å²) in [7, 11) is 0. The zero-order chi connectivity index (χ0) is 24.2. The molecule has 0 bridgehead atoms. The molecule has 0 aliphatic rings. The Kier molecular flexibility index (Phi) is 6.16. The first-order valence-corrected chi connectivity index (χ1v) is 11.2. The fraction of sp³-hybridized carbons (Fsp3) is 0.0357. The van der Waals surface area contributed by atoms with Gasteiger partial charge in [-0.2, -0.15) is 5.26 Å². The molecular weight excluding hydrogens is 462 g/mol. The number of para-hydroxylation sites is 2. The van der Waals surface area contributed by atoms with E-state index < -0.39 is 5.97 Å². The third-order valence-corrected chi connectivity index (χ3v) is 5.77. The number of carbonyl (C=O) groups excluding carboxylic acids is 1. The van der Waals surface area contributed by atoms with Crippen molar-refractivity contribution in [2.45, 2.75) is 6.61 Å². The summed E-state index contributed by atoms with van der Waals surface area (Å²) in [6, 6.07) is 27.5.